The maximum Gasteiger partial charge on any atom is 0.123 e. The Balaban J connectivity index is 1.47. The van der Waals surface area contributed by atoms with Crippen molar-refractivity contribution in [2.45, 2.75) is 12.6 Å². The topological polar surface area (TPSA) is 18.5 Å². The summed E-state index contributed by atoms with van der Waals surface area (Å²) in [6.07, 6.45) is 0. The molecule has 2 aliphatic heterocycles. The smallest absolute Gasteiger partial charge is 0.123 e. The molecule has 0 atom stereocenters. The highest BCUT2D eigenvalue weighted by Gasteiger charge is 2.31. The van der Waals surface area contributed by atoms with Gasteiger partial charge in [-0.3, -0.25) is 9.80 Å². The molecule has 1 aromatic carbocycles. The molecule has 2 aliphatic rings. The van der Waals surface area contributed by atoms with Gasteiger partial charge in [0.2, 0.25) is 0 Å². The Morgan fingerprint density at radius 2 is 2.00 bits per heavy atom. The van der Waals surface area contributed by atoms with E-state index < -0.39 is 0 Å². The van der Waals surface area contributed by atoms with Crippen molar-refractivity contribution in [1.82, 2.24) is 15.1 Å². The number of piperazine rings is 1. The fourth-order valence-electron chi connectivity index (χ4n) is 2.84. The van der Waals surface area contributed by atoms with E-state index in [0.717, 1.165) is 38.3 Å². The van der Waals surface area contributed by atoms with Gasteiger partial charge in [-0.15, -0.1) is 0 Å². The number of halogens is 1. The molecule has 3 nitrogen and oxygen atoms in total. The van der Waals surface area contributed by atoms with Crippen molar-refractivity contribution in [3.8, 4) is 0 Å². The highest BCUT2D eigenvalue weighted by atomic mass is 19.1. The van der Waals surface area contributed by atoms with Crippen LogP contribution in [0.3, 0.4) is 0 Å². The lowest BCUT2D eigenvalue weighted by molar-refractivity contribution is 0.0222. The number of hydrogen-bond donors (Lipinski definition) is 1. The Morgan fingerprint density at radius 1 is 1.22 bits per heavy atom. The first-order chi connectivity index (χ1) is 8.81. The summed E-state index contributed by atoms with van der Waals surface area (Å²) in [5.41, 5.74) is 1.08. The van der Waals surface area contributed by atoms with Gasteiger partial charge in [0.25, 0.3) is 0 Å². The second kappa shape index (κ2) is 5.34. The van der Waals surface area contributed by atoms with Crippen LogP contribution in [-0.2, 0) is 6.54 Å². The van der Waals surface area contributed by atoms with E-state index in [-0.39, 0.29) is 5.82 Å². The lowest BCUT2D eigenvalue weighted by atomic mass is 10.0. The maximum absolute atomic E-state index is 13.1. The summed E-state index contributed by atoms with van der Waals surface area (Å²) in [7, 11) is 0. The van der Waals surface area contributed by atoms with Gasteiger partial charge in [-0.25, -0.2) is 4.39 Å². The van der Waals surface area contributed by atoms with Gasteiger partial charge in [0.05, 0.1) is 0 Å². The molecule has 1 N–H and O–H groups in total. The van der Waals surface area contributed by atoms with Crippen molar-refractivity contribution < 1.29 is 4.39 Å². The molecule has 0 unspecified atom stereocenters. The molecule has 0 saturated carbocycles. The molecular formula is C14H20FN3. The molecule has 18 heavy (non-hydrogen) atoms. The van der Waals surface area contributed by atoms with E-state index in [2.05, 4.69) is 15.1 Å². The second-order valence-electron chi connectivity index (χ2n) is 5.26. The van der Waals surface area contributed by atoms with Crippen LogP contribution < -0.4 is 5.32 Å². The number of hydrogen-bond acceptors (Lipinski definition) is 3. The molecule has 1 aromatic rings. The minimum atomic E-state index is -0.133. The van der Waals surface area contributed by atoms with Gasteiger partial charge in [0, 0.05) is 51.9 Å². The summed E-state index contributed by atoms with van der Waals surface area (Å²) in [6, 6.07) is 7.64. The van der Waals surface area contributed by atoms with Crippen molar-refractivity contribution in [2.24, 2.45) is 0 Å². The van der Waals surface area contributed by atoms with E-state index in [9.17, 15) is 4.39 Å². The standard InChI is InChI=1S/C14H20FN3/c15-13-3-1-2-12(8-13)9-17-10-14(11-17)18-6-4-16-5-7-18/h1-3,8,14,16H,4-7,9-11H2. The van der Waals surface area contributed by atoms with Crippen LogP contribution in [0.5, 0.6) is 0 Å². The van der Waals surface area contributed by atoms with Gasteiger partial charge < -0.3 is 5.32 Å². The maximum atomic E-state index is 13.1. The predicted molar refractivity (Wildman–Crippen MR) is 69.9 cm³/mol. The first kappa shape index (κ1) is 12.1. The average Bonchev–Trinajstić information content (AvgIpc) is 2.34. The van der Waals surface area contributed by atoms with E-state index in [0.29, 0.717) is 6.04 Å². The molecule has 0 aromatic heterocycles. The average molecular weight is 249 g/mol. The van der Waals surface area contributed by atoms with Crippen LogP contribution in [-0.4, -0.2) is 55.1 Å². The van der Waals surface area contributed by atoms with Crippen LogP contribution in [0.4, 0.5) is 4.39 Å². The molecule has 0 amide bonds. The monoisotopic (exact) mass is 249 g/mol. The van der Waals surface area contributed by atoms with E-state index in [1.54, 1.807) is 12.1 Å². The molecule has 3 rings (SSSR count). The van der Waals surface area contributed by atoms with Crippen molar-refractivity contribution in [3.05, 3.63) is 35.6 Å². The molecular weight excluding hydrogens is 229 g/mol. The molecule has 0 aliphatic carbocycles. The SMILES string of the molecule is Fc1cccc(CN2CC(N3CCNCC3)C2)c1. The molecule has 98 valence electrons. The molecule has 2 heterocycles. The summed E-state index contributed by atoms with van der Waals surface area (Å²) in [6.45, 7) is 7.67. The first-order valence-electron chi connectivity index (χ1n) is 6.73. The zero-order valence-corrected chi connectivity index (χ0v) is 10.6. The summed E-state index contributed by atoms with van der Waals surface area (Å²) >= 11 is 0. The summed E-state index contributed by atoms with van der Waals surface area (Å²) < 4.78 is 13.1. The van der Waals surface area contributed by atoms with Crippen LogP contribution in [0.1, 0.15) is 5.56 Å². The third kappa shape index (κ3) is 2.71. The van der Waals surface area contributed by atoms with Gasteiger partial charge in [-0.1, -0.05) is 12.1 Å². The molecule has 2 fully saturated rings. The Labute approximate surface area is 108 Å². The van der Waals surface area contributed by atoms with Gasteiger partial charge in [0.15, 0.2) is 0 Å². The Hall–Kier alpha value is -0.970. The van der Waals surface area contributed by atoms with E-state index in [1.165, 1.54) is 19.2 Å². The van der Waals surface area contributed by atoms with E-state index >= 15 is 0 Å². The van der Waals surface area contributed by atoms with Gasteiger partial charge in [-0.05, 0) is 17.7 Å². The third-order valence-electron chi connectivity index (χ3n) is 3.90. The molecule has 0 bridgehead atoms. The van der Waals surface area contributed by atoms with Crippen LogP contribution in [0.25, 0.3) is 0 Å². The number of benzene rings is 1. The Kier molecular flexibility index (Phi) is 3.59. The second-order valence-corrected chi connectivity index (χ2v) is 5.26. The fourth-order valence-corrected chi connectivity index (χ4v) is 2.84. The van der Waals surface area contributed by atoms with Crippen molar-refractivity contribution in [2.75, 3.05) is 39.3 Å². The van der Waals surface area contributed by atoms with Gasteiger partial charge >= 0.3 is 0 Å². The summed E-state index contributed by atoms with van der Waals surface area (Å²) in [4.78, 5) is 4.96. The van der Waals surface area contributed by atoms with Gasteiger partial charge in [0.1, 0.15) is 5.82 Å². The third-order valence-corrected chi connectivity index (χ3v) is 3.90. The molecule has 0 spiro atoms. The fraction of sp³-hybridized carbons (Fsp3) is 0.571. The molecule has 2 saturated heterocycles. The van der Waals surface area contributed by atoms with Gasteiger partial charge in [-0.2, -0.15) is 0 Å². The predicted octanol–water partition coefficient (Wildman–Crippen LogP) is 0.915. The minimum absolute atomic E-state index is 0.133. The number of nitrogens with zero attached hydrogens (tertiary/aromatic N) is 2. The highest BCUT2D eigenvalue weighted by molar-refractivity contribution is 5.16. The largest absolute Gasteiger partial charge is 0.314 e. The zero-order chi connectivity index (χ0) is 12.4. The lowest BCUT2D eigenvalue weighted by Crippen LogP contribution is -2.62. The Morgan fingerprint density at radius 3 is 2.72 bits per heavy atom. The number of nitrogens with one attached hydrogen (secondary N) is 1. The summed E-state index contributed by atoms with van der Waals surface area (Å²) in [5.74, 6) is -0.133. The van der Waals surface area contributed by atoms with E-state index in [1.807, 2.05) is 6.07 Å². The quantitative estimate of drug-likeness (QED) is 0.859. The van der Waals surface area contributed by atoms with Crippen molar-refractivity contribution in [3.63, 3.8) is 0 Å². The normalized spacial score (nSPS) is 22.9. The van der Waals surface area contributed by atoms with E-state index in [4.69, 9.17) is 0 Å². The Bertz CT molecular complexity index is 398. The lowest BCUT2D eigenvalue weighted by Gasteiger charge is -2.46. The van der Waals surface area contributed by atoms with Crippen LogP contribution >= 0.6 is 0 Å². The number of rotatable bonds is 3. The van der Waals surface area contributed by atoms with Crippen LogP contribution in [0, 0.1) is 5.82 Å². The van der Waals surface area contributed by atoms with Crippen molar-refractivity contribution >= 4 is 0 Å². The zero-order valence-electron chi connectivity index (χ0n) is 10.6. The molecule has 4 heteroatoms. The van der Waals surface area contributed by atoms with Crippen LogP contribution in [0.2, 0.25) is 0 Å². The van der Waals surface area contributed by atoms with Crippen molar-refractivity contribution in [1.29, 1.82) is 0 Å². The first-order valence-corrected chi connectivity index (χ1v) is 6.73. The highest BCUT2D eigenvalue weighted by Crippen LogP contribution is 2.18. The minimum Gasteiger partial charge on any atom is -0.314 e. The summed E-state index contributed by atoms with van der Waals surface area (Å²) in [5, 5.41) is 3.38. The molecule has 0 radical (unpaired) electrons. The number of likely N-dealkylation sites (tertiary alicyclic amines) is 1. The van der Waals surface area contributed by atoms with Crippen LogP contribution in [0.15, 0.2) is 24.3 Å².